The van der Waals surface area contributed by atoms with Crippen molar-refractivity contribution in [3.63, 3.8) is 0 Å². The molecule has 0 spiro atoms. The third-order valence-electron chi connectivity index (χ3n) is 3.76. The van der Waals surface area contributed by atoms with Crippen LogP contribution >= 0.6 is 11.6 Å². The number of nitrogens with zero attached hydrogens (tertiary/aromatic N) is 1. The first-order chi connectivity index (χ1) is 10.6. The molecule has 0 aromatic heterocycles. The van der Waals surface area contributed by atoms with Gasteiger partial charge in [-0.25, -0.2) is 0 Å². The maximum Gasteiger partial charge on any atom is 0.247 e. The van der Waals surface area contributed by atoms with Gasteiger partial charge in [0, 0.05) is 10.7 Å². The minimum absolute atomic E-state index is 0.0888. The summed E-state index contributed by atoms with van der Waals surface area (Å²) in [4.78, 5) is 13.9. The molecule has 2 aromatic carbocycles. The summed E-state index contributed by atoms with van der Waals surface area (Å²) in [6.45, 7) is 2.54. The lowest BCUT2D eigenvalue weighted by Crippen LogP contribution is -2.63. The van der Waals surface area contributed by atoms with Crippen molar-refractivity contribution in [2.45, 2.75) is 19.0 Å². The van der Waals surface area contributed by atoms with Crippen LogP contribution < -0.4 is 15.4 Å². The topological polar surface area (TPSA) is 55.6 Å². The average Bonchev–Trinajstić information content (AvgIpc) is 2.53. The van der Waals surface area contributed by atoms with Crippen LogP contribution in [0.4, 0.5) is 5.69 Å². The van der Waals surface area contributed by atoms with E-state index in [0.29, 0.717) is 11.6 Å². The first kappa shape index (κ1) is 14.9. The second-order valence-electron chi connectivity index (χ2n) is 5.16. The van der Waals surface area contributed by atoms with Crippen molar-refractivity contribution in [3.05, 3.63) is 59.1 Å². The molecule has 4 nitrogen and oxygen atoms in total. The molecule has 0 unspecified atom stereocenters. The highest BCUT2D eigenvalue weighted by atomic mass is 35.5. The highest BCUT2D eigenvalue weighted by Crippen LogP contribution is 2.39. The SMILES string of the molecule is CCOc1ccc(N2C(=O)[C@@H](N)[C@H]2c2cccc(Cl)c2)cc1. The summed E-state index contributed by atoms with van der Waals surface area (Å²) >= 11 is 6.04. The number of β-lactam (4-membered cyclic amide) rings is 1. The van der Waals surface area contributed by atoms with Gasteiger partial charge in [-0.1, -0.05) is 23.7 Å². The molecule has 5 heteroatoms. The number of rotatable bonds is 4. The third-order valence-corrected chi connectivity index (χ3v) is 3.99. The van der Waals surface area contributed by atoms with Crippen molar-refractivity contribution in [1.82, 2.24) is 0 Å². The van der Waals surface area contributed by atoms with Gasteiger partial charge in [-0.15, -0.1) is 0 Å². The minimum Gasteiger partial charge on any atom is -0.494 e. The monoisotopic (exact) mass is 316 g/mol. The Morgan fingerprint density at radius 3 is 2.59 bits per heavy atom. The van der Waals surface area contributed by atoms with Gasteiger partial charge in [0.25, 0.3) is 0 Å². The fourth-order valence-corrected chi connectivity index (χ4v) is 2.91. The fraction of sp³-hybridized carbons (Fsp3) is 0.235. The minimum atomic E-state index is -0.537. The largest absolute Gasteiger partial charge is 0.494 e. The van der Waals surface area contributed by atoms with Crippen molar-refractivity contribution in [1.29, 1.82) is 0 Å². The van der Waals surface area contributed by atoms with Gasteiger partial charge >= 0.3 is 0 Å². The summed E-state index contributed by atoms with van der Waals surface area (Å²) in [7, 11) is 0. The van der Waals surface area contributed by atoms with E-state index >= 15 is 0 Å². The molecule has 0 saturated carbocycles. The number of carbonyl (C=O) groups excluding carboxylic acids is 1. The second kappa shape index (κ2) is 5.99. The van der Waals surface area contributed by atoms with Crippen LogP contribution in [-0.2, 0) is 4.79 Å². The third kappa shape index (κ3) is 2.56. The molecule has 2 aromatic rings. The summed E-state index contributed by atoms with van der Waals surface area (Å²) in [5.74, 6) is 0.692. The fourth-order valence-electron chi connectivity index (χ4n) is 2.72. The summed E-state index contributed by atoms with van der Waals surface area (Å²) in [6, 6.07) is 14.2. The zero-order chi connectivity index (χ0) is 15.7. The van der Waals surface area contributed by atoms with Gasteiger partial charge in [0.15, 0.2) is 0 Å². The van der Waals surface area contributed by atoms with Crippen LogP contribution in [0.15, 0.2) is 48.5 Å². The van der Waals surface area contributed by atoms with Crippen molar-refractivity contribution >= 4 is 23.2 Å². The Balaban J connectivity index is 1.89. The Kier molecular flexibility index (Phi) is 4.05. The molecule has 22 heavy (non-hydrogen) atoms. The summed E-state index contributed by atoms with van der Waals surface area (Å²) in [5, 5.41) is 0.635. The zero-order valence-corrected chi connectivity index (χ0v) is 13.0. The van der Waals surface area contributed by atoms with Crippen molar-refractivity contribution in [2.24, 2.45) is 5.73 Å². The van der Waals surface area contributed by atoms with E-state index in [2.05, 4.69) is 0 Å². The molecule has 1 fully saturated rings. The van der Waals surface area contributed by atoms with E-state index in [-0.39, 0.29) is 11.9 Å². The van der Waals surface area contributed by atoms with E-state index in [1.165, 1.54) is 0 Å². The van der Waals surface area contributed by atoms with Crippen molar-refractivity contribution in [2.75, 3.05) is 11.5 Å². The van der Waals surface area contributed by atoms with Crippen molar-refractivity contribution in [3.8, 4) is 5.75 Å². The van der Waals surface area contributed by atoms with Crippen LogP contribution in [-0.4, -0.2) is 18.6 Å². The van der Waals surface area contributed by atoms with E-state index < -0.39 is 6.04 Å². The molecule has 2 N–H and O–H groups in total. The molecule has 114 valence electrons. The molecule has 0 bridgehead atoms. The average molecular weight is 317 g/mol. The summed E-state index contributed by atoms with van der Waals surface area (Å²) < 4.78 is 5.42. The van der Waals surface area contributed by atoms with Gasteiger partial charge in [-0.2, -0.15) is 0 Å². The Morgan fingerprint density at radius 2 is 1.95 bits per heavy atom. The lowest BCUT2D eigenvalue weighted by molar-refractivity contribution is -0.126. The number of amides is 1. The Hall–Kier alpha value is -2.04. The summed E-state index contributed by atoms with van der Waals surface area (Å²) in [6.07, 6.45) is 0. The lowest BCUT2D eigenvalue weighted by Gasteiger charge is -2.45. The van der Waals surface area contributed by atoms with Crippen molar-refractivity contribution < 1.29 is 9.53 Å². The lowest BCUT2D eigenvalue weighted by atomic mass is 9.88. The number of nitrogens with two attached hydrogens (primary N) is 1. The first-order valence-corrected chi connectivity index (χ1v) is 7.56. The molecule has 0 aliphatic carbocycles. The maximum absolute atomic E-state index is 12.2. The van der Waals surface area contributed by atoms with E-state index in [4.69, 9.17) is 22.1 Å². The van der Waals surface area contributed by atoms with E-state index in [0.717, 1.165) is 17.0 Å². The molecule has 1 aliphatic rings. The van der Waals surface area contributed by atoms with Gasteiger partial charge in [0.2, 0.25) is 5.91 Å². The molecule has 1 heterocycles. The molecular weight excluding hydrogens is 300 g/mol. The Bertz CT molecular complexity index is 687. The predicted molar refractivity (Wildman–Crippen MR) is 87.3 cm³/mol. The van der Waals surface area contributed by atoms with E-state index in [1.54, 1.807) is 11.0 Å². The quantitative estimate of drug-likeness (QED) is 0.882. The second-order valence-corrected chi connectivity index (χ2v) is 5.60. The molecule has 0 radical (unpaired) electrons. The van der Waals surface area contributed by atoms with Gasteiger partial charge in [0.05, 0.1) is 12.6 Å². The predicted octanol–water partition coefficient (Wildman–Crippen LogP) is 3.15. The number of benzene rings is 2. The molecule has 1 saturated heterocycles. The molecule has 3 rings (SSSR count). The number of hydrogen-bond donors (Lipinski definition) is 1. The van der Waals surface area contributed by atoms with E-state index in [1.807, 2.05) is 49.4 Å². The number of anilines is 1. The highest BCUT2D eigenvalue weighted by molar-refractivity contribution is 6.30. The smallest absolute Gasteiger partial charge is 0.247 e. The van der Waals surface area contributed by atoms with Crippen LogP contribution in [0.2, 0.25) is 5.02 Å². The molecule has 2 atom stereocenters. The van der Waals surface area contributed by atoms with Crippen LogP contribution in [0.25, 0.3) is 0 Å². The maximum atomic E-state index is 12.2. The standard InChI is InChI=1S/C17H17ClN2O2/c1-2-22-14-8-6-13(7-9-14)20-16(15(19)17(20)21)11-4-3-5-12(18)10-11/h3-10,15-16H,2,19H2,1H3/t15-,16+/m0/s1. The summed E-state index contributed by atoms with van der Waals surface area (Å²) in [5.41, 5.74) is 7.74. The van der Waals surface area contributed by atoms with E-state index in [9.17, 15) is 4.79 Å². The Morgan fingerprint density at radius 1 is 1.23 bits per heavy atom. The van der Waals surface area contributed by atoms with Crippen LogP contribution in [0.3, 0.4) is 0 Å². The molecular formula is C17H17ClN2O2. The number of carbonyl (C=O) groups is 1. The normalized spacial score (nSPS) is 20.7. The number of hydrogen-bond acceptors (Lipinski definition) is 3. The Labute approximate surface area is 134 Å². The molecule has 1 aliphatic heterocycles. The van der Waals surface area contributed by atoms with Crippen LogP contribution in [0.1, 0.15) is 18.5 Å². The van der Waals surface area contributed by atoms with Gasteiger partial charge in [-0.05, 0) is 48.9 Å². The van der Waals surface area contributed by atoms with Crippen LogP contribution in [0, 0.1) is 0 Å². The van der Waals surface area contributed by atoms with Gasteiger partial charge in [-0.3, -0.25) is 4.79 Å². The van der Waals surface area contributed by atoms with Gasteiger partial charge < -0.3 is 15.4 Å². The first-order valence-electron chi connectivity index (χ1n) is 7.19. The number of ether oxygens (including phenoxy) is 1. The van der Waals surface area contributed by atoms with Crippen LogP contribution in [0.5, 0.6) is 5.75 Å². The van der Waals surface area contributed by atoms with Gasteiger partial charge in [0.1, 0.15) is 11.8 Å². The highest BCUT2D eigenvalue weighted by Gasteiger charge is 2.46. The zero-order valence-electron chi connectivity index (χ0n) is 12.2. The number of halogens is 1. The molecule has 1 amide bonds.